The summed E-state index contributed by atoms with van der Waals surface area (Å²) in [6.45, 7) is 2.68. The molecule has 0 saturated heterocycles. The van der Waals surface area contributed by atoms with E-state index in [-0.39, 0.29) is 5.52 Å². The second-order valence-electron chi connectivity index (χ2n) is 4.93. The van der Waals surface area contributed by atoms with Crippen molar-refractivity contribution in [3.8, 4) is 11.4 Å². The number of para-hydroxylation sites is 1. The molecular weight excluding hydrogens is 272 g/mol. The first-order valence-corrected chi connectivity index (χ1v) is 6.82. The van der Waals surface area contributed by atoms with Gasteiger partial charge in [0.05, 0.1) is 5.52 Å². The van der Waals surface area contributed by atoms with Crippen molar-refractivity contribution < 1.29 is 8.78 Å². The molecule has 3 nitrogen and oxygen atoms in total. The highest BCUT2D eigenvalue weighted by molar-refractivity contribution is 5.84. The number of aryl methyl sites for hydroxylation is 1. The zero-order valence-electron chi connectivity index (χ0n) is 11.6. The third-order valence-corrected chi connectivity index (χ3v) is 3.43. The second-order valence-corrected chi connectivity index (χ2v) is 4.93. The van der Waals surface area contributed by atoms with Gasteiger partial charge in [-0.15, -0.1) is 0 Å². The first kappa shape index (κ1) is 13.5. The number of hydrogen-bond acceptors (Lipinski definition) is 2. The molecule has 2 aromatic carbocycles. The van der Waals surface area contributed by atoms with Gasteiger partial charge < -0.3 is 10.3 Å². The van der Waals surface area contributed by atoms with Crippen molar-refractivity contribution in [1.82, 2.24) is 9.55 Å². The SMILES string of the molecule is CCCn1c(-c2cc(F)ccc2N)nc2c(F)cccc21. The molecule has 0 aliphatic rings. The van der Waals surface area contributed by atoms with Gasteiger partial charge in [0.1, 0.15) is 17.2 Å². The molecule has 108 valence electrons. The third kappa shape index (κ3) is 2.24. The smallest absolute Gasteiger partial charge is 0.151 e. The summed E-state index contributed by atoms with van der Waals surface area (Å²) in [6, 6.07) is 8.94. The Morgan fingerprint density at radius 1 is 1.19 bits per heavy atom. The Bertz CT molecular complexity index is 809. The molecule has 1 heterocycles. The number of nitrogens with two attached hydrogens (primary N) is 1. The number of imidazole rings is 1. The van der Waals surface area contributed by atoms with E-state index in [4.69, 9.17) is 5.73 Å². The predicted octanol–water partition coefficient (Wildman–Crippen LogP) is 3.97. The van der Waals surface area contributed by atoms with E-state index in [2.05, 4.69) is 4.98 Å². The summed E-state index contributed by atoms with van der Waals surface area (Å²) < 4.78 is 29.3. The molecule has 0 spiro atoms. The molecule has 0 radical (unpaired) electrons. The van der Waals surface area contributed by atoms with Gasteiger partial charge in [-0.2, -0.15) is 0 Å². The zero-order valence-corrected chi connectivity index (χ0v) is 11.6. The van der Waals surface area contributed by atoms with E-state index in [0.29, 0.717) is 29.1 Å². The highest BCUT2D eigenvalue weighted by atomic mass is 19.1. The zero-order chi connectivity index (χ0) is 15.0. The van der Waals surface area contributed by atoms with Crippen LogP contribution in [-0.2, 0) is 6.54 Å². The molecule has 5 heteroatoms. The number of benzene rings is 2. The number of fused-ring (bicyclic) bond motifs is 1. The molecule has 21 heavy (non-hydrogen) atoms. The quantitative estimate of drug-likeness (QED) is 0.741. The minimum absolute atomic E-state index is 0.282. The lowest BCUT2D eigenvalue weighted by atomic mass is 10.1. The molecule has 0 amide bonds. The monoisotopic (exact) mass is 287 g/mol. The van der Waals surface area contributed by atoms with Gasteiger partial charge in [-0.3, -0.25) is 0 Å². The van der Waals surface area contributed by atoms with Crippen molar-refractivity contribution in [3.63, 3.8) is 0 Å². The average Bonchev–Trinajstić information content (AvgIpc) is 2.82. The molecule has 0 aliphatic carbocycles. The molecular formula is C16H15F2N3. The lowest BCUT2D eigenvalue weighted by Crippen LogP contribution is -2.02. The third-order valence-electron chi connectivity index (χ3n) is 3.43. The summed E-state index contributed by atoms with van der Waals surface area (Å²) in [5.41, 5.74) is 7.81. The normalized spacial score (nSPS) is 11.2. The summed E-state index contributed by atoms with van der Waals surface area (Å²) in [4.78, 5) is 4.34. The lowest BCUT2D eigenvalue weighted by molar-refractivity contribution is 0.628. The van der Waals surface area contributed by atoms with Gasteiger partial charge in [0, 0.05) is 17.8 Å². The first-order valence-electron chi connectivity index (χ1n) is 6.82. The minimum atomic E-state index is -0.394. The number of anilines is 1. The Hall–Kier alpha value is -2.43. The molecule has 0 unspecified atom stereocenters. The Labute approximate surface area is 121 Å². The summed E-state index contributed by atoms with van der Waals surface area (Å²) >= 11 is 0. The maximum Gasteiger partial charge on any atom is 0.151 e. The summed E-state index contributed by atoms with van der Waals surface area (Å²) in [5, 5.41) is 0. The minimum Gasteiger partial charge on any atom is -0.398 e. The lowest BCUT2D eigenvalue weighted by Gasteiger charge is -2.09. The number of nitrogens with zero attached hydrogens (tertiary/aromatic N) is 2. The Morgan fingerprint density at radius 3 is 2.76 bits per heavy atom. The summed E-state index contributed by atoms with van der Waals surface area (Å²) in [6.07, 6.45) is 0.851. The van der Waals surface area contributed by atoms with Crippen LogP contribution >= 0.6 is 0 Å². The Morgan fingerprint density at radius 2 is 2.00 bits per heavy atom. The van der Waals surface area contributed by atoms with E-state index in [1.165, 1.54) is 24.3 Å². The second kappa shape index (κ2) is 5.16. The van der Waals surface area contributed by atoms with Crippen LogP contribution in [0.15, 0.2) is 36.4 Å². The van der Waals surface area contributed by atoms with Gasteiger partial charge in [-0.1, -0.05) is 13.0 Å². The van der Waals surface area contributed by atoms with Gasteiger partial charge in [-0.05, 0) is 36.8 Å². The summed E-state index contributed by atoms with van der Waals surface area (Å²) in [7, 11) is 0. The van der Waals surface area contributed by atoms with Crippen LogP contribution in [0.5, 0.6) is 0 Å². The van der Waals surface area contributed by atoms with Crippen molar-refractivity contribution in [2.75, 3.05) is 5.73 Å². The topological polar surface area (TPSA) is 43.8 Å². The molecule has 0 saturated carbocycles. The Balaban J connectivity index is 2.33. The molecule has 0 aliphatic heterocycles. The van der Waals surface area contributed by atoms with E-state index in [9.17, 15) is 8.78 Å². The molecule has 0 bridgehead atoms. The first-order chi connectivity index (χ1) is 10.1. The highest BCUT2D eigenvalue weighted by Crippen LogP contribution is 2.30. The number of nitrogen functional groups attached to an aromatic ring is 1. The van der Waals surface area contributed by atoms with Crippen LogP contribution in [0.3, 0.4) is 0 Å². The van der Waals surface area contributed by atoms with Gasteiger partial charge in [0.2, 0.25) is 0 Å². The van der Waals surface area contributed by atoms with Crippen molar-refractivity contribution in [3.05, 3.63) is 48.0 Å². The van der Waals surface area contributed by atoms with E-state index in [1.54, 1.807) is 12.1 Å². The van der Waals surface area contributed by atoms with E-state index in [1.807, 2.05) is 11.5 Å². The molecule has 2 N–H and O–H groups in total. The van der Waals surface area contributed by atoms with Crippen LogP contribution in [0.1, 0.15) is 13.3 Å². The van der Waals surface area contributed by atoms with Crippen LogP contribution in [0.4, 0.5) is 14.5 Å². The molecule has 0 fully saturated rings. The summed E-state index contributed by atoms with van der Waals surface area (Å²) in [5.74, 6) is -0.290. The fraction of sp³-hybridized carbons (Fsp3) is 0.188. The highest BCUT2D eigenvalue weighted by Gasteiger charge is 2.17. The maximum atomic E-state index is 13.9. The fourth-order valence-corrected chi connectivity index (χ4v) is 2.49. The largest absolute Gasteiger partial charge is 0.398 e. The van der Waals surface area contributed by atoms with Gasteiger partial charge in [-0.25, -0.2) is 13.8 Å². The fourth-order valence-electron chi connectivity index (χ4n) is 2.49. The molecule has 1 aromatic heterocycles. The van der Waals surface area contributed by atoms with Crippen molar-refractivity contribution in [1.29, 1.82) is 0 Å². The number of hydrogen-bond donors (Lipinski definition) is 1. The van der Waals surface area contributed by atoms with Crippen LogP contribution < -0.4 is 5.73 Å². The standard InChI is InChI=1S/C16H15F2N3/c1-2-8-21-14-5-3-4-12(18)15(14)20-16(21)11-9-10(17)6-7-13(11)19/h3-7,9H,2,8,19H2,1H3. The van der Waals surface area contributed by atoms with Crippen LogP contribution in [0.2, 0.25) is 0 Å². The van der Waals surface area contributed by atoms with Crippen LogP contribution in [0.25, 0.3) is 22.4 Å². The van der Waals surface area contributed by atoms with Gasteiger partial charge >= 0.3 is 0 Å². The van der Waals surface area contributed by atoms with Crippen LogP contribution in [0, 0.1) is 11.6 Å². The van der Waals surface area contributed by atoms with Crippen molar-refractivity contribution in [2.24, 2.45) is 0 Å². The van der Waals surface area contributed by atoms with Gasteiger partial charge in [0.15, 0.2) is 5.82 Å². The van der Waals surface area contributed by atoms with E-state index < -0.39 is 11.6 Å². The molecule has 3 aromatic rings. The van der Waals surface area contributed by atoms with Crippen LogP contribution in [-0.4, -0.2) is 9.55 Å². The number of halogens is 2. The average molecular weight is 287 g/mol. The predicted molar refractivity (Wildman–Crippen MR) is 79.8 cm³/mol. The van der Waals surface area contributed by atoms with Crippen molar-refractivity contribution >= 4 is 16.7 Å². The molecule has 3 rings (SSSR count). The van der Waals surface area contributed by atoms with E-state index >= 15 is 0 Å². The number of rotatable bonds is 3. The van der Waals surface area contributed by atoms with Gasteiger partial charge in [0.25, 0.3) is 0 Å². The number of aromatic nitrogens is 2. The Kier molecular flexibility index (Phi) is 3.33. The molecule has 0 atom stereocenters. The maximum absolute atomic E-state index is 13.9. The van der Waals surface area contributed by atoms with E-state index in [0.717, 1.165) is 6.42 Å². The van der Waals surface area contributed by atoms with Crippen molar-refractivity contribution in [2.45, 2.75) is 19.9 Å².